The number of rotatable bonds is 6. The molecular formula is C19H32IN3O3S. The molecule has 0 spiro atoms. The van der Waals surface area contributed by atoms with E-state index in [0.717, 1.165) is 17.7 Å². The minimum atomic E-state index is -2.91. The van der Waals surface area contributed by atoms with Crippen LogP contribution in [0.2, 0.25) is 0 Å². The molecule has 2 N–H and O–H groups in total. The molecule has 6 nitrogen and oxygen atoms in total. The Bertz CT molecular complexity index is 730. The van der Waals surface area contributed by atoms with Gasteiger partial charge in [0, 0.05) is 12.6 Å². The topological polar surface area (TPSA) is 79.8 Å². The van der Waals surface area contributed by atoms with Crippen molar-refractivity contribution in [2.24, 2.45) is 4.99 Å². The molecule has 0 amide bonds. The highest BCUT2D eigenvalue weighted by Crippen LogP contribution is 2.14. The van der Waals surface area contributed by atoms with Crippen LogP contribution in [0.4, 0.5) is 0 Å². The van der Waals surface area contributed by atoms with Crippen molar-refractivity contribution in [3.8, 4) is 0 Å². The van der Waals surface area contributed by atoms with Crippen molar-refractivity contribution in [2.45, 2.75) is 58.9 Å². The van der Waals surface area contributed by atoms with Gasteiger partial charge in [-0.1, -0.05) is 24.3 Å². The van der Waals surface area contributed by atoms with Crippen LogP contribution in [0.15, 0.2) is 29.3 Å². The average molecular weight is 509 g/mol. The molecule has 0 aromatic heterocycles. The molecule has 1 aromatic rings. The Labute approximate surface area is 180 Å². The van der Waals surface area contributed by atoms with E-state index in [4.69, 9.17) is 4.74 Å². The quantitative estimate of drug-likeness (QED) is 0.350. The highest BCUT2D eigenvalue weighted by molar-refractivity contribution is 14.0. The fourth-order valence-corrected chi connectivity index (χ4v) is 4.38. The van der Waals surface area contributed by atoms with Gasteiger partial charge in [-0.2, -0.15) is 0 Å². The Hall–Kier alpha value is -0.870. The van der Waals surface area contributed by atoms with Gasteiger partial charge in [0.2, 0.25) is 0 Å². The number of halogens is 1. The minimum Gasteiger partial charge on any atom is -0.371 e. The minimum absolute atomic E-state index is 0. The molecule has 1 aromatic carbocycles. The van der Waals surface area contributed by atoms with E-state index >= 15 is 0 Å². The zero-order chi connectivity index (χ0) is 19.2. The first-order valence-corrected chi connectivity index (χ1v) is 11.0. The molecular weight excluding hydrogens is 477 g/mol. The van der Waals surface area contributed by atoms with Crippen LogP contribution in [0.5, 0.6) is 0 Å². The number of hydrogen-bond acceptors (Lipinski definition) is 4. The van der Waals surface area contributed by atoms with Crippen molar-refractivity contribution < 1.29 is 13.2 Å². The van der Waals surface area contributed by atoms with Crippen LogP contribution in [0.3, 0.4) is 0 Å². The number of sulfone groups is 1. The van der Waals surface area contributed by atoms with Gasteiger partial charge in [-0.25, -0.2) is 13.4 Å². The molecule has 1 unspecified atom stereocenters. The third kappa shape index (κ3) is 9.25. The number of benzene rings is 1. The van der Waals surface area contributed by atoms with Gasteiger partial charge < -0.3 is 15.4 Å². The third-order valence-corrected chi connectivity index (χ3v) is 5.77. The van der Waals surface area contributed by atoms with Crippen molar-refractivity contribution in [2.75, 3.05) is 18.1 Å². The Morgan fingerprint density at radius 1 is 1.30 bits per heavy atom. The van der Waals surface area contributed by atoms with Gasteiger partial charge in [0.25, 0.3) is 0 Å². The Kier molecular flexibility index (Phi) is 9.50. The molecule has 154 valence electrons. The molecule has 0 bridgehead atoms. The summed E-state index contributed by atoms with van der Waals surface area (Å²) in [5.74, 6) is 1.09. The second-order valence-corrected chi connectivity index (χ2v) is 9.89. The SMILES string of the molecule is CCNC(=NCc1cccc(COC(C)(C)C)c1)NC1CCS(=O)(=O)C1.I. The summed E-state index contributed by atoms with van der Waals surface area (Å²) in [5.41, 5.74) is 2.04. The highest BCUT2D eigenvalue weighted by atomic mass is 127. The maximum Gasteiger partial charge on any atom is 0.191 e. The largest absolute Gasteiger partial charge is 0.371 e. The van der Waals surface area contributed by atoms with Crippen LogP contribution >= 0.6 is 24.0 Å². The fourth-order valence-electron chi connectivity index (χ4n) is 2.71. The van der Waals surface area contributed by atoms with Gasteiger partial charge in [0.15, 0.2) is 15.8 Å². The molecule has 1 aliphatic heterocycles. The summed E-state index contributed by atoms with van der Waals surface area (Å²) in [7, 11) is -2.91. The Balaban J connectivity index is 0.00000364. The molecule has 0 aliphatic carbocycles. The van der Waals surface area contributed by atoms with Crippen molar-refractivity contribution >= 4 is 39.8 Å². The van der Waals surface area contributed by atoms with E-state index in [1.165, 1.54) is 0 Å². The van der Waals surface area contributed by atoms with E-state index in [9.17, 15) is 8.42 Å². The first-order chi connectivity index (χ1) is 12.2. The first-order valence-electron chi connectivity index (χ1n) is 9.14. The van der Waals surface area contributed by atoms with E-state index in [0.29, 0.717) is 25.5 Å². The maximum atomic E-state index is 11.6. The van der Waals surface area contributed by atoms with E-state index < -0.39 is 9.84 Å². The fraction of sp³-hybridized carbons (Fsp3) is 0.632. The Morgan fingerprint density at radius 2 is 2.00 bits per heavy atom. The molecule has 1 heterocycles. The zero-order valence-corrected chi connectivity index (χ0v) is 19.8. The number of guanidine groups is 1. The monoisotopic (exact) mass is 509 g/mol. The van der Waals surface area contributed by atoms with E-state index in [2.05, 4.69) is 21.7 Å². The highest BCUT2D eigenvalue weighted by Gasteiger charge is 2.28. The van der Waals surface area contributed by atoms with Crippen molar-refractivity contribution in [1.29, 1.82) is 0 Å². The summed E-state index contributed by atoms with van der Waals surface area (Å²) >= 11 is 0. The van der Waals surface area contributed by atoms with Gasteiger partial charge in [0.05, 0.1) is 30.3 Å². The van der Waals surface area contributed by atoms with Crippen LogP contribution in [0.25, 0.3) is 0 Å². The van der Waals surface area contributed by atoms with Gasteiger partial charge in [0.1, 0.15) is 0 Å². The molecule has 27 heavy (non-hydrogen) atoms. The summed E-state index contributed by atoms with van der Waals surface area (Å²) in [5, 5.41) is 6.42. The van der Waals surface area contributed by atoms with Crippen molar-refractivity contribution in [3.63, 3.8) is 0 Å². The van der Waals surface area contributed by atoms with E-state index in [1.807, 2.05) is 45.9 Å². The van der Waals surface area contributed by atoms with E-state index in [1.54, 1.807) is 0 Å². The van der Waals surface area contributed by atoms with Gasteiger partial charge in [-0.15, -0.1) is 24.0 Å². The van der Waals surface area contributed by atoms with Crippen LogP contribution in [0, 0.1) is 0 Å². The summed E-state index contributed by atoms with van der Waals surface area (Å²) in [4.78, 5) is 4.60. The van der Waals surface area contributed by atoms with Gasteiger partial charge in [-0.3, -0.25) is 0 Å². The molecule has 1 aliphatic rings. The molecule has 8 heteroatoms. The summed E-state index contributed by atoms with van der Waals surface area (Å²) in [6, 6.07) is 8.12. The molecule has 1 fully saturated rings. The van der Waals surface area contributed by atoms with Crippen LogP contribution in [-0.2, 0) is 27.7 Å². The predicted molar refractivity (Wildman–Crippen MR) is 121 cm³/mol. The van der Waals surface area contributed by atoms with Crippen LogP contribution < -0.4 is 10.6 Å². The number of ether oxygens (including phenoxy) is 1. The molecule has 1 atom stereocenters. The normalized spacial score (nSPS) is 19.4. The van der Waals surface area contributed by atoms with Gasteiger partial charge in [-0.05, 0) is 45.2 Å². The summed E-state index contributed by atoms with van der Waals surface area (Å²) in [6.45, 7) is 9.94. The zero-order valence-electron chi connectivity index (χ0n) is 16.6. The lowest BCUT2D eigenvalue weighted by molar-refractivity contribution is -0.0149. The van der Waals surface area contributed by atoms with Gasteiger partial charge >= 0.3 is 0 Å². The summed E-state index contributed by atoms with van der Waals surface area (Å²) < 4.78 is 29.1. The second-order valence-electron chi connectivity index (χ2n) is 7.66. The lowest BCUT2D eigenvalue weighted by Crippen LogP contribution is -2.44. The molecule has 0 radical (unpaired) electrons. The number of hydrogen-bond donors (Lipinski definition) is 2. The average Bonchev–Trinajstić information content (AvgIpc) is 2.89. The van der Waals surface area contributed by atoms with Crippen LogP contribution in [-0.4, -0.2) is 44.1 Å². The molecule has 2 rings (SSSR count). The van der Waals surface area contributed by atoms with Crippen LogP contribution in [0.1, 0.15) is 45.2 Å². The smallest absolute Gasteiger partial charge is 0.191 e. The van der Waals surface area contributed by atoms with E-state index in [-0.39, 0.29) is 47.1 Å². The third-order valence-electron chi connectivity index (χ3n) is 4.00. The van der Waals surface area contributed by atoms with Crippen molar-refractivity contribution in [1.82, 2.24) is 10.6 Å². The number of nitrogens with zero attached hydrogens (tertiary/aromatic N) is 1. The molecule has 0 saturated carbocycles. The predicted octanol–water partition coefficient (Wildman–Crippen LogP) is 2.86. The van der Waals surface area contributed by atoms with Crippen molar-refractivity contribution in [3.05, 3.63) is 35.4 Å². The first kappa shape index (κ1) is 24.2. The number of aliphatic imine (C=N–C) groups is 1. The lowest BCUT2D eigenvalue weighted by atomic mass is 10.1. The Morgan fingerprint density at radius 3 is 2.59 bits per heavy atom. The molecule has 1 saturated heterocycles. The number of nitrogens with one attached hydrogen (secondary N) is 2. The second kappa shape index (κ2) is 10.6. The summed E-state index contributed by atoms with van der Waals surface area (Å²) in [6.07, 6.45) is 0.631. The standard InChI is InChI=1S/C19H31N3O3S.HI/c1-5-20-18(22-17-9-10-26(23,24)14-17)21-12-15-7-6-8-16(11-15)13-25-19(2,3)4;/h6-8,11,17H,5,9-10,12-14H2,1-4H3,(H2,20,21,22);1H. The lowest BCUT2D eigenvalue weighted by Gasteiger charge is -2.19. The maximum absolute atomic E-state index is 11.6.